The normalized spacial score (nSPS) is 29.8. The molecule has 12 heavy (non-hydrogen) atoms. The lowest BCUT2D eigenvalue weighted by molar-refractivity contribution is -0.321. The standard InChI is InChI=1S/C3H3F3N4O2/c4-3(1-2(11)12)7-8-10(6)9(3)5/h1H2,(H,11,12). The first-order chi connectivity index (χ1) is 5.46. The first-order valence-corrected chi connectivity index (χ1v) is 2.71. The molecule has 1 rings (SSSR count). The van der Waals surface area contributed by atoms with E-state index in [2.05, 4.69) is 10.3 Å². The minimum Gasteiger partial charge on any atom is -0.481 e. The highest BCUT2D eigenvalue weighted by Gasteiger charge is 2.50. The predicted molar refractivity (Wildman–Crippen MR) is 26.8 cm³/mol. The second-order valence-corrected chi connectivity index (χ2v) is 1.98. The van der Waals surface area contributed by atoms with Crippen LogP contribution >= 0.6 is 0 Å². The predicted octanol–water partition coefficient (Wildman–Crippen LogP) is 0.753. The third kappa shape index (κ3) is 1.30. The van der Waals surface area contributed by atoms with Crippen LogP contribution < -0.4 is 0 Å². The highest BCUT2D eigenvalue weighted by atomic mass is 19.3. The quantitative estimate of drug-likeness (QED) is 0.507. The Labute approximate surface area is 63.7 Å². The van der Waals surface area contributed by atoms with E-state index in [1.54, 1.807) is 0 Å². The van der Waals surface area contributed by atoms with Crippen molar-refractivity contribution >= 4 is 5.97 Å². The number of carbonyl (C=O) groups is 1. The number of hydrogen-bond acceptors (Lipinski definition) is 5. The van der Waals surface area contributed by atoms with Crippen LogP contribution in [0.1, 0.15) is 6.42 Å². The van der Waals surface area contributed by atoms with Gasteiger partial charge in [0, 0.05) is 5.34 Å². The zero-order valence-electron chi connectivity index (χ0n) is 5.49. The summed E-state index contributed by atoms with van der Waals surface area (Å²) in [5.41, 5.74) is 0. The summed E-state index contributed by atoms with van der Waals surface area (Å²) in [4.78, 5) is 9.94. The van der Waals surface area contributed by atoms with E-state index in [0.717, 1.165) is 0 Å². The van der Waals surface area contributed by atoms with Gasteiger partial charge in [-0.15, -0.1) is 9.60 Å². The molecule has 0 radical (unpaired) electrons. The fourth-order valence-corrected chi connectivity index (χ4v) is 0.597. The topological polar surface area (TPSA) is 68.5 Å². The van der Waals surface area contributed by atoms with E-state index in [1.165, 1.54) is 0 Å². The highest BCUT2D eigenvalue weighted by molar-refractivity contribution is 5.67. The molecular formula is C3H3F3N4O2. The van der Waals surface area contributed by atoms with Gasteiger partial charge in [-0.3, -0.25) is 4.79 Å². The van der Waals surface area contributed by atoms with Gasteiger partial charge in [0.1, 0.15) is 6.42 Å². The molecule has 6 nitrogen and oxygen atoms in total. The Kier molecular flexibility index (Phi) is 1.88. The molecule has 0 saturated heterocycles. The van der Waals surface area contributed by atoms with Crippen LogP contribution in [0.3, 0.4) is 0 Å². The van der Waals surface area contributed by atoms with Gasteiger partial charge in [0.15, 0.2) is 0 Å². The number of rotatable bonds is 2. The molecule has 1 heterocycles. The van der Waals surface area contributed by atoms with Crippen molar-refractivity contribution in [2.24, 2.45) is 10.3 Å². The summed E-state index contributed by atoms with van der Waals surface area (Å²) >= 11 is 0. The van der Waals surface area contributed by atoms with Gasteiger partial charge in [-0.25, -0.2) is 0 Å². The summed E-state index contributed by atoms with van der Waals surface area (Å²) < 4.78 is 37.1. The number of carboxylic acids is 1. The average molecular weight is 184 g/mol. The summed E-state index contributed by atoms with van der Waals surface area (Å²) in [5, 5.41) is 10.7. The summed E-state index contributed by atoms with van der Waals surface area (Å²) in [5.74, 6) is -4.94. The van der Waals surface area contributed by atoms with Crippen LogP contribution in [0.25, 0.3) is 0 Å². The lowest BCUT2D eigenvalue weighted by atomic mass is 10.3. The minimum absolute atomic E-state index is 1.02. The minimum atomic E-state index is -3.28. The number of hydrogen-bond donors (Lipinski definition) is 1. The van der Waals surface area contributed by atoms with Crippen molar-refractivity contribution in [2.45, 2.75) is 12.3 Å². The van der Waals surface area contributed by atoms with Gasteiger partial charge < -0.3 is 5.11 Å². The maximum Gasteiger partial charge on any atom is 0.335 e. The zero-order chi connectivity index (χ0) is 9.35. The summed E-state index contributed by atoms with van der Waals surface area (Å²) in [7, 11) is 0. The Hall–Kier alpha value is -1.38. The van der Waals surface area contributed by atoms with E-state index in [-0.39, 0.29) is 0 Å². The van der Waals surface area contributed by atoms with Crippen LogP contribution in [0.15, 0.2) is 10.3 Å². The largest absolute Gasteiger partial charge is 0.481 e. The Morgan fingerprint density at radius 2 is 2.17 bits per heavy atom. The molecule has 0 amide bonds. The van der Waals surface area contributed by atoms with Crippen LogP contribution in [0.2, 0.25) is 0 Å². The van der Waals surface area contributed by atoms with Crippen molar-refractivity contribution in [3.05, 3.63) is 0 Å². The lowest BCUT2D eigenvalue weighted by Gasteiger charge is -2.16. The number of aliphatic carboxylic acids is 1. The molecular weight excluding hydrogens is 181 g/mol. The second-order valence-electron chi connectivity index (χ2n) is 1.98. The van der Waals surface area contributed by atoms with Crippen molar-refractivity contribution in [1.29, 1.82) is 0 Å². The second kappa shape index (κ2) is 2.59. The third-order valence-corrected chi connectivity index (χ3v) is 1.08. The maximum absolute atomic E-state index is 12.8. The van der Waals surface area contributed by atoms with Gasteiger partial charge in [-0.1, -0.05) is 4.48 Å². The van der Waals surface area contributed by atoms with Gasteiger partial charge >= 0.3 is 11.9 Å². The molecule has 1 aliphatic heterocycles. The third-order valence-electron chi connectivity index (χ3n) is 1.08. The van der Waals surface area contributed by atoms with Crippen molar-refractivity contribution in [1.82, 2.24) is 10.6 Å². The number of alkyl halides is 1. The molecule has 0 fully saturated rings. The molecule has 0 aliphatic carbocycles. The van der Waals surface area contributed by atoms with Gasteiger partial charge in [0.05, 0.1) is 5.23 Å². The monoisotopic (exact) mass is 184 g/mol. The molecule has 68 valence electrons. The van der Waals surface area contributed by atoms with Crippen molar-refractivity contribution < 1.29 is 23.3 Å². The molecule has 0 aromatic heterocycles. The number of halogens is 3. The highest BCUT2D eigenvalue weighted by Crippen LogP contribution is 2.32. The smallest absolute Gasteiger partial charge is 0.335 e. The number of hydrazine groups is 1. The number of nitrogens with zero attached hydrogens (tertiary/aromatic N) is 4. The molecule has 0 spiro atoms. The molecule has 0 saturated carbocycles. The van der Waals surface area contributed by atoms with Gasteiger partial charge in [0.25, 0.3) is 0 Å². The summed E-state index contributed by atoms with van der Waals surface area (Å²) in [6.45, 7) is 0. The molecule has 1 atom stereocenters. The fourth-order valence-electron chi connectivity index (χ4n) is 0.597. The lowest BCUT2D eigenvalue weighted by Crippen LogP contribution is -2.40. The van der Waals surface area contributed by atoms with Crippen LogP contribution in [0, 0.1) is 0 Å². The van der Waals surface area contributed by atoms with Crippen molar-refractivity contribution in [3.63, 3.8) is 0 Å². The average Bonchev–Trinajstić information content (AvgIpc) is 2.16. The Bertz CT molecular complexity index is 236. The Morgan fingerprint density at radius 3 is 2.50 bits per heavy atom. The van der Waals surface area contributed by atoms with E-state index in [4.69, 9.17) is 5.11 Å². The van der Waals surface area contributed by atoms with Crippen LogP contribution in [-0.4, -0.2) is 27.6 Å². The van der Waals surface area contributed by atoms with E-state index >= 15 is 0 Å². The molecule has 0 aromatic carbocycles. The van der Waals surface area contributed by atoms with Gasteiger partial charge in [-0.2, -0.15) is 4.39 Å². The summed E-state index contributed by atoms with van der Waals surface area (Å²) in [6, 6.07) is 0. The van der Waals surface area contributed by atoms with E-state index < -0.39 is 28.9 Å². The van der Waals surface area contributed by atoms with Gasteiger partial charge in [0.2, 0.25) is 0 Å². The van der Waals surface area contributed by atoms with Crippen LogP contribution in [-0.2, 0) is 4.79 Å². The molecule has 0 aromatic rings. The van der Waals surface area contributed by atoms with Crippen molar-refractivity contribution in [2.75, 3.05) is 0 Å². The van der Waals surface area contributed by atoms with Crippen molar-refractivity contribution in [3.8, 4) is 0 Å². The zero-order valence-corrected chi connectivity index (χ0v) is 5.49. The molecule has 1 N–H and O–H groups in total. The van der Waals surface area contributed by atoms with Gasteiger partial charge in [-0.05, 0) is 5.22 Å². The molecule has 9 heteroatoms. The van der Waals surface area contributed by atoms with Crippen LogP contribution in [0.5, 0.6) is 0 Å². The van der Waals surface area contributed by atoms with E-state index in [1.807, 2.05) is 0 Å². The van der Waals surface area contributed by atoms with E-state index in [0.29, 0.717) is 0 Å². The Morgan fingerprint density at radius 1 is 1.58 bits per heavy atom. The molecule has 0 bridgehead atoms. The maximum atomic E-state index is 12.8. The number of carboxylic acid groups (broad SMARTS) is 1. The SMILES string of the molecule is O=C(O)CC1(F)N=NN(F)N1F. The molecule has 1 aliphatic rings. The Balaban J connectivity index is 2.73. The summed E-state index contributed by atoms with van der Waals surface area (Å²) in [6.07, 6.45) is -1.33. The molecule has 1 unspecified atom stereocenters. The fraction of sp³-hybridized carbons (Fsp3) is 0.667. The van der Waals surface area contributed by atoms with E-state index in [9.17, 15) is 18.1 Å². The van der Waals surface area contributed by atoms with Crippen LogP contribution in [0.4, 0.5) is 13.4 Å². The first-order valence-electron chi connectivity index (χ1n) is 2.71. The first kappa shape index (κ1) is 8.71.